The molecule has 4 heterocycles. The fraction of sp³-hybridized carbons (Fsp3) is 0.605. The molecule has 2 aromatic heterocycles. The number of aryl methyl sites for hydroxylation is 2. The number of halogens is 1. The van der Waals surface area contributed by atoms with Gasteiger partial charge in [0.1, 0.15) is 5.60 Å². The molecule has 272 valence electrons. The molecule has 0 saturated carbocycles. The Labute approximate surface area is 299 Å². The maximum atomic E-state index is 12.3. The molecule has 1 amide bonds. The molecule has 1 N–H and O–H groups in total. The number of piperidine rings is 2. The third-order valence-corrected chi connectivity index (χ3v) is 8.97. The van der Waals surface area contributed by atoms with E-state index in [1.165, 1.54) is 16.6 Å². The van der Waals surface area contributed by atoms with Crippen molar-refractivity contribution in [2.45, 2.75) is 112 Å². The Balaban J connectivity index is 0.000000265. The number of aromatic nitrogens is 4. The smallest absolute Gasteiger partial charge is 0.410 e. The molecule has 11 heteroatoms. The quantitative estimate of drug-likeness (QED) is 0.197. The van der Waals surface area contributed by atoms with Gasteiger partial charge in [-0.1, -0.05) is 33.4 Å². The zero-order valence-corrected chi connectivity index (χ0v) is 30.7. The summed E-state index contributed by atoms with van der Waals surface area (Å²) >= 11 is 0. The van der Waals surface area contributed by atoms with Crippen LogP contribution in [0.15, 0.2) is 36.4 Å². The molecule has 4 aromatic rings. The van der Waals surface area contributed by atoms with Crippen molar-refractivity contribution in [2.24, 2.45) is 0 Å². The van der Waals surface area contributed by atoms with Gasteiger partial charge in [0.25, 0.3) is 0 Å². The van der Waals surface area contributed by atoms with E-state index in [0.717, 1.165) is 73.8 Å². The molecule has 49 heavy (non-hydrogen) atoms. The van der Waals surface area contributed by atoms with Gasteiger partial charge in [-0.3, -0.25) is 9.36 Å². The molecule has 0 radical (unpaired) electrons. The normalized spacial score (nSPS) is 15.6. The van der Waals surface area contributed by atoms with Crippen molar-refractivity contribution in [1.29, 1.82) is 0 Å². The lowest BCUT2D eigenvalue weighted by Crippen LogP contribution is -2.42. The van der Waals surface area contributed by atoms with E-state index in [1.807, 2.05) is 34.6 Å². The largest absolute Gasteiger partial charge is 0.476 e. The second-order valence-corrected chi connectivity index (χ2v) is 13.5. The van der Waals surface area contributed by atoms with E-state index < -0.39 is 5.60 Å². The lowest BCUT2D eigenvalue weighted by Gasteiger charge is -2.33. The first-order chi connectivity index (χ1) is 22.6. The van der Waals surface area contributed by atoms with E-state index in [4.69, 9.17) is 24.4 Å². The Bertz CT molecular complexity index is 1630. The summed E-state index contributed by atoms with van der Waals surface area (Å²) in [5.74, 6) is 1.49. The highest BCUT2D eigenvalue weighted by molar-refractivity contribution is 5.86. The summed E-state index contributed by atoms with van der Waals surface area (Å²) in [6.07, 6.45) is 5.79. The average Bonchev–Trinajstić information content (AvgIpc) is 3.62. The summed E-state index contributed by atoms with van der Waals surface area (Å²) in [5, 5.41) is 15.2. The Morgan fingerprint density at radius 2 is 1.22 bits per heavy atom. The molecule has 0 aliphatic carbocycles. The van der Waals surface area contributed by atoms with Gasteiger partial charge in [-0.25, -0.2) is 4.79 Å². The highest BCUT2D eigenvalue weighted by Crippen LogP contribution is 2.33. The summed E-state index contributed by atoms with van der Waals surface area (Å²) in [5.41, 5.74) is 4.46. The molecule has 0 bridgehead atoms. The van der Waals surface area contributed by atoms with Crippen LogP contribution in [-0.2, 0) is 17.6 Å². The minimum absolute atomic E-state index is 0. The van der Waals surface area contributed by atoms with Gasteiger partial charge >= 0.3 is 6.09 Å². The maximum Gasteiger partial charge on any atom is 0.410 e. The van der Waals surface area contributed by atoms with Crippen LogP contribution in [0.3, 0.4) is 0 Å². The molecule has 2 fully saturated rings. The van der Waals surface area contributed by atoms with Gasteiger partial charge in [-0.05, 0) is 122 Å². The Hall–Kier alpha value is -3.50. The summed E-state index contributed by atoms with van der Waals surface area (Å²) in [6.45, 7) is 18.8. The van der Waals surface area contributed by atoms with E-state index in [9.17, 15) is 4.79 Å². The number of likely N-dealkylation sites (tertiary alicyclic amines) is 1. The average molecular weight is 699 g/mol. The van der Waals surface area contributed by atoms with Gasteiger partial charge in [0.2, 0.25) is 11.8 Å². The third-order valence-electron chi connectivity index (χ3n) is 8.97. The topological polar surface area (TPSA) is 95.7 Å². The molecular formula is C38H59ClN6O4. The van der Waals surface area contributed by atoms with E-state index in [1.54, 1.807) is 4.90 Å². The van der Waals surface area contributed by atoms with E-state index in [2.05, 4.69) is 64.9 Å². The first-order valence-corrected chi connectivity index (χ1v) is 17.6. The van der Waals surface area contributed by atoms with Crippen molar-refractivity contribution in [1.82, 2.24) is 29.8 Å². The van der Waals surface area contributed by atoms with Gasteiger partial charge in [0.15, 0.2) is 0 Å². The number of hydrogen-bond donors (Lipinski definition) is 1. The fourth-order valence-electron chi connectivity index (χ4n) is 6.47. The number of rotatable bonds is 8. The Kier molecular flexibility index (Phi) is 14.6. The number of fused-ring (bicyclic) bond motifs is 2. The van der Waals surface area contributed by atoms with Crippen molar-refractivity contribution in [3.8, 4) is 11.8 Å². The van der Waals surface area contributed by atoms with E-state index in [-0.39, 0.29) is 32.0 Å². The zero-order valence-electron chi connectivity index (χ0n) is 29.9. The second-order valence-electron chi connectivity index (χ2n) is 13.5. The number of carbonyl (C=O) groups excluding carboxylic acids is 1. The molecule has 2 aliphatic heterocycles. The van der Waals surface area contributed by atoms with Crippen molar-refractivity contribution >= 4 is 40.3 Å². The Morgan fingerprint density at radius 3 is 1.63 bits per heavy atom. The number of amides is 1. The first kappa shape index (κ1) is 39.9. The molecule has 2 aromatic carbocycles. The van der Waals surface area contributed by atoms with Crippen LogP contribution in [-0.4, -0.2) is 75.5 Å². The standard InChI is InChI=1S/C21H31N3O3.C16H23N3O.CH4.ClH/c1-6-15-8-9-18-17(14-15)19(26-7-2)22-24(18)16-10-12-23(13-11-16)20(25)27-21(3,4)5;1-3-12-5-6-15-14(11-12)16(20-4-2)18-19(15)13-7-9-17-10-8-13;;/h8-9,14,16H,6-7,10-13H2,1-5H3;5-6,11,13,17H,3-4,7-10H2,1-2H3;1H4;1H. The van der Waals surface area contributed by atoms with E-state index >= 15 is 0 Å². The molecule has 0 unspecified atom stereocenters. The predicted molar refractivity (Wildman–Crippen MR) is 202 cm³/mol. The number of hydrogen-bond acceptors (Lipinski definition) is 7. The van der Waals surface area contributed by atoms with Crippen LogP contribution in [0.25, 0.3) is 21.8 Å². The number of carbonyl (C=O) groups is 1. The first-order valence-electron chi connectivity index (χ1n) is 17.6. The zero-order chi connectivity index (χ0) is 33.6. The number of benzene rings is 2. The lowest BCUT2D eigenvalue weighted by atomic mass is 10.0. The number of ether oxygens (including phenoxy) is 3. The van der Waals surface area contributed by atoms with Crippen LogP contribution in [0, 0.1) is 0 Å². The molecule has 0 atom stereocenters. The minimum atomic E-state index is -0.463. The van der Waals surface area contributed by atoms with Crippen molar-refractivity contribution in [3.63, 3.8) is 0 Å². The van der Waals surface area contributed by atoms with Crippen molar-refractivity contribution in [3.05, 3.63) is 47.5 Å². The molecular weight excluding hydrogens is 640 g/mol. The third kappa shape index (κ3) is 9.60. The van der Waals surface area contributed by atoms with Crippen LogP contribution in [0.2, 0.25) is 0 Å². The second kappa shape index (κ2) is 17.9. The fourth-order valence-corrected chi connectivity index (χ4v) is 6.47. The SMILES string of the molecule is C.CCOc1nn(C2CCN(C(=O)OC(C)(C)C)CC2)c2ccc(CC)cc12.CCOc1nn(C2CCNCC2)c2ccc(CC)cc12.Cl. The van der Waals surface area contributed by atoms with Crippen LogP contribution >= 0.6 is 12.4 Å². The molecule has 2 aliphatic rings. The van der Waals surface area contributed by atoms with Crippen LogP contribution in [0.5, 0.6) is 11.8 Å². The molecule has 10 nitrogen and oxygen atoms in total. The van der Waals surface area contributed by atoms with Gasteiger partial charge in [-0.15, -0.1) is 22.6 Å². The summed E-state index contributed by atoms with van der Waals surface area (Å²) in [7, 11) is 0. The van der Waals surface area contributed by atoms with Gasteiger partial charge in [0, 0.05) is 13.1 Å². The highest BCUT2D eigenvalue weighted by atomic mass is 35.5. The summed E-state index contributed by atoms with van der Waals surface area (Å²) in [4.78, 5) is 14.1. The molecule has 6 rings (SSSR count). The van der Waals surface area contributed by atoms with Crippen molar-refractivity contribution < 1.29 is 19.0 Å². The van der Waals surface area contributed by atoms with Gasteiger partial charge in [0.05, 0.1) is 47.1 Å². The Morgan fingerprint density at radius 1 is 0.776 bits per heavy atom. The minimum Gasteiger partial charge on any atom is -0.476 e. The van der Waals surface area contributed by atoms with Crippen LogP contribution in [0.4, 0.5) is 4.79 Å². The van der Waals surface area contributed by atoms with Gasteiger partial charge < -0.3 is 24.4 Å². The summed E-state index contributed by atoms with van der Waals surface area (Å²) in [6, 6.07) is 13.9. The molecule has 0 spiro atoms. The number of nitrogens with one attached hydrogen (secondary N) is 1. The van der Waals surface area contributed by atoms with Crippen LogP contribution < -0.4 is 14.8 Å². The van der Waals surface area contributed by atoms with Crippen molar-refractivity contribution in [2.75, 3.05) is 39.4 Å². The lowest BCUT2D eigenvalue weighted by molar-refractivity contribution is 0.0185. The monoisotopic (exact) mass is 698 g/mol. The number of nitrogens with zero attached hydrogens (tertiary/aromatic N) is 5. The van der Waals surface area contributed by atoms with E-state index in [0.29, 0.717) is 38.2 Å². The van der Waals surface area contributed by atoms with Gasteiger partial charge in [-0.2, -0.15) is 0 Å². The van der Waals surface area contributed by atoms with Crippen LogP contribution in [0.1, 0.15) is 105 Å². The summed E-state index contributed by atoms with van der Waals surface area (Å²) < 4.78 is 21.3. The highest BCUT2D eigenvalue weighted by Gasteiger charge is 2.29. The predicted octanol–water partition coefficient (Wildman–Crippen LogP) is 8.55. The molecule has 2 saturated heterocycles. The maximum absolute atomic E-state index is 12.3.